The molecule has 0 aliphatic carbocycles. The summed E-state index contributed by atoms with van der Waals surface area (Å²) in [6.45, 7) is 4.87. The molecule has 2 aromatic heterocycles. The number of fused-ring (bicyclic) bond motifs is 6. The van der Waals surface area contributed by atoms with Crippen LogP contribution in [0.2, 0.25) is 10.0 Å². The molecule has 46 heavy (non-hydrogen) atoms. The fourth-order valence-electron chi connectivity index (χ4n) is 7.13. The number of nitrogens with one attached hydrogen (secondary N) is 2. The van der Waals surface area contributed by atoms with E-state index in [1.165, 1.54) is 0 Å². The second kappa shape index (κ2) is 13.4. The zero-order valence-electron chi connectivity index (χ0n) is 25.6. The number of hydrogen-bond acceptors (Lipinski definition) is 6. The highest BCUT2D eigenvalue weighted by Gasteiger charge is 2.43. The number of aromatic nitrogens is 2. The molecule has 4 aromatic rings. The number of H-pyrrole nitrogens is 2. The largest absolute Gasteiger partial charge is 0.481 e. The minimum Gasteiger partial charge on any atom is -0.481 e. The molecule has 0 unspecified atom stereocenters. The molecule has 10 nitrogen and oxygen atoms in total. The van der Waals surface area contributed by atoms with Crippen LogP contribution in [0.25, 0.3) is 21.8 Å². The van der Waals surface area contributed by atoms with Crippen LogP contribution in [-0.2, 0) is 43.1 Å². The normalized spacial score (nSPS) is 20.2. The van der Waals surface area contributed by atoms with Crippen LogP contribution in [-0.4, -0.2) is 45.3 Å². The molecule has 0 spiro atoms. The van der Waals surface area contributed by atoms with Gasteiger partial charge in [-0.1, -0.05) is 49.9 Å². The number of ether oxygens (including phenoxy) is 2. The fourth-order valence-corrected chi connectivity index (χ4v) is 7.54. The van der Waals surface area contributed by atoms with Crippen LogP contribution in [0.1, 0.15) is 86.0 Å². The molecule has 0 fully saturated rings. The van der Waals surface area contributed by atoms with E-state index in [0.29, 0.717) is 71.1 Å². The van der Waals surface area contributed by atoms with Crippen LogP contribution in [0.3, 0.4) is 0 Å². The number of rotatable bonds is 8. The van der Waals surface area contributed by atoms with E-state index in [1.807, 2.05) is 13.8 Å². The molecule has 0 amide bonds. The van der Waals surface area contributed by atoms with Crippen molar-refractivity contribution in [2.75, 3.05) is 13.2 Å². The molecule has 2 aromatic carbocycles. The topological polar surface area (TPSA) is 172 Å². The summed E-state index contributed by atoms with van der Waals surface area (Å²) in [6, 6.07) is 11.2. The van der Waals surface area contributed by atoms with Gasteiger partial charge in [0, 0.05) is 10.8 Å². The number of halogens is 2. The first kappa shape index (κ1) is 33.3. The van der Waals surface area contributed by atoms with Crippen LogP contribution < -0.4 is 0 Å². The number of aromatic amines is 2. The number of hydrogen-bond donors (Lipinski definition) is 4. The minimum atomic E-state index is -0.906. The maximum atomic E-state index is 11.4. The van der Waals surface area contributed by atoms with Crippen LogP contribution in [0.5, 0.6) is 0 Å². The van der Waals surface area contributed by atoms with Gasteiger partial charge in [0.2, 0.25) is 0 Å². The quantitative estimate of drug-likeness (QED) is 0.150. The monoisotopic (exact) mass is 664 g/mol. The molecule has 2 aliphatic rings. The van der Waals surface area contributed by atoms with E-state index in [1.54, 1.807) is 24.3 Å². The first-order chi connectivity index (χ1) is 22.0. The molecule has 6 rings (SSSR count). The van der Waals surface area contributed by atoms with E-state index in [4.69, 9.17) is 32.7 Å². The third-order valence-corrected chi connectivity index (χ3v) is 9.44. The molecular weight excluding hydrogens is 631 g/mol. The number of nitrogens with zero attached hydrogens (tertiary/aromatic N) is 2. The van der Waals surface area contributed by atoms with Crippen molar-refractivity contribution in [1.29, 1.82) is 10.5 Å². The molecule has 2 atom stereocenters. The smallest absolute Gasteiger partial charge is 0.306 e. The summed E-state index contributed by atoms with van der Waals surface area (Å²) in [5, 5.41) is 40.1. The average Bonchev–Trinajstić information content (AvgIpc) is 3.61. The Hall–Kier alpha value is -4.06. The zero-order chi connectivity index (χ0) is 33.2. The van der Waals surface area contributed by atoms with Gasteiger partial charge < -0.3 is 29.7 Å². The SMILES string of the molecule is CCC[C@@]1(CC(=O)O)OCCc2c1[nH]c1c(Cl)ccc(C#N)c21.CCC[C@]1(CC(=O)O)OCCc2c1[nH]c1c(Cl)ccc(C#N)c21. The van der Waals surface area contributed by atoms with Crippen molar-refractivity contribution in [3.63, 3.8) is 0 Å². The molecule has 0 bridgehead atoms. The van der Waals surface area contributed by atoms with E-state index in [2.05, 4.69) is 22.1 Å². The van der Waals surface area contributed by atoms with Gasteiger partial charge >= 0.3 is 11.9 Å². The third-order valence-electron chi connectivity index (χ3n) is 8.81. The highest BCUT2D eigenvalue weighted by atomic mass is 35.5. The second-order valence-corrected chi connectivity index (χ2v) is 12.5. The van der Waals surface area contributed by atoms with Gasteiger partial charge in [-0.15, -0.1) is 0 Å². The van der Waals surface area contributed by atoms with Crippen LogP contribution in [0, 0.1) is 22.7 Å². The molecule has 0 saturated heterocycles. The highest BCUT2D eigenvalue weighted by Crippen LogP contribution is 2.45. The van der Waals surface area contributed by atoms with Gasteiger partial charge in [0.1, 0.15) is 11.2 Å². The van der Waals surface area contributed by atoms with Gasteiger partial charge in [-0.05, 0) is 61.1 Å². The zero-order valence-corrected chi connectivity index (χ0v) is 27.1. The molecule has 12 heteroatoms. The van der Waals surface area contributed by atoms with E-state index < -0.39 is 23.1 Å². The number of nitriles is 2. The lowest BCUT2D eigenvalue weighted by molar-refractivity contribution is -0.150. The lowest BCUT2D eigenvalue weighted by atomic mass is 9.84. The molecule has 0 saturated carbocycles. The Bertz CT molecular complexity index is 1780. The maximum Gasteiger partial charge on any atom is 0.306 e. The summed E-state index contributed by atoms with van der Waals surface area (Å²) in [5.74, 6) is -1.81. The van der Waals surface area contributed by atoms with Gasteiger partial charge in [-0.3, -0.25) is 9.59 Å². The summed E-state index contributed by atoms with van der Waals surface area (Å²) in [6.07, 6.45) is 3.82. The van der Waals surface area contributed by atoms with Crippen LogP contribution in [0.4, 0.5) is 0 Å². The summed E-state index contributed by atoms with van der Waals surface area (Å²) >= 11 is 12.6. The van der Waals surface area contributed by atoms with Gasteiger partial charge in [0.25, 0.3) is 0 Å². The lowest BCUT2D eigenvalue weighted by Gasteiger charge is -2.36. The average molecular weight is 666 g/mol. The van der Waals surface area contributed by atoms with E-state index in [-0.39, 0.29) is 12.8 Å². The van der Waals surface area contributed by atoms with E-state index in [9.17, 15) is 30.3 Å². The van der Waals surface area contributed by atoms with E-state index in [0.717, 1.165) is 46.1 Å². The molecule has 0 radical (unpaired) electrons. The number of carbonyl (C=O) groups is 2. The fraction of sp³-hybridized carbons (Fsp3) is 0.412. The third kappa shape index (κ3) is 5.83. The molecule has 4 heterocycles. The van der Waals surface area contributed by atoms with Crippen LogP contribution >= 0.6 is 23.2 Å². The lowest BCUT2D eigenvalue weighted by Crippen LogP contribution is -2.37. The van der Waals surface area contributed by atoms with Crippen molar-refractivity contribution in [3.8, 4) is 12.1 Å². The highest BCUT2D eigenvalue weighted by molar-refractivity contribution is 6.36. The first-order valence-corrected chi connectivity index (χ1v) is 16.0. The van der Waals surface area contributed by atoms with Crippen LogP contribution in [0.15, 0.2) is 24.3 Å². The number of aliphatic carboxylic acids is 2. The number of carboxylic acids is 2. The maximum absolute atomic E-state index is 11.4. The Morgan fingerprint density at radius 2 is 1.17 bits per heavy atom. The van der Waals surface area contributed by atoms with Crippen molar-refractivity contribution < 1.29 is 29.3 Å². The summed E-state index contributed by atoms with van der Waals surface area (Å²) in [5.41, 5.74) is 4.13. The Kier molecular flexibility index (Phi) is 9.67. The van der Waals surface area contributed by atoms with Gasteiger partial charge in [0.15, 0.2) is 0 Å². The standard InChI is InChI=1S/2C17H17ClN2O3/c2*1-2-6-17(8-13(21)22)16-11(5-7-23-17)14-10(9-19)3-4-12(18)15(14)20-16/h2*3-4,20H,2,5-8H2,1H3,(H,21,22)/t2*17-/m10/s1. The van der Waals surface area contributed by atoms with Gasteiger partial charge in [-0.2, -0.15) is 10.5 Å². The predicted molar refractivity (Wildman–Crippen MR) is 173 cm³/mol. The Balaban J connectivity index is 0.000000181. The summed E-state index contributed by atoms with van der Waals surface area (Å²) in [4.78, 5) is 29.3. The van der Waals surface area contributed by atoms with Gasteiger partial charge in [0.05, 0.1) is 81.8 Å². The Morgan fingerprint density at radius 1 is 0.783 bits per heavy atom. The van der Waals surface area contributed by atoms with Gasteiger partial charge in [-0.25, -0.2) is 0 Å². The molecule has 4 N–H and O–H groups in total. The van der Waals surface area contributed by atoms with Crippen molar-refractivity contribution in [2.24, 2.45) is 0 Å². The minimum absolute atomic E-state index is 0.111. The second-order valence-electron chi connectivity index (χ2n) is 11.7. The van der Waals surface area contributed by atoms with E-state index >= 15 is 0 Å². The van der Waals surface area contributed by atoms with Crippen molar-refractivity contribution >= 4 is 56.9 Å². The Labute approximate surface area is 275 Å². The summed E-state index contributed by atoms with van der Waals surface area (Å²) < 4.78 is 11.9. The summed E-state index contributed by atoms with van der Waals surface area (Å²) in [7, 11) is 0. The Morgan fingerprint density at radius 3 is 1.50 bits per heavy atom. The molecule has 2 aliphatic heterocycles. The first-order valence-electron chi connectivity index (χ1n) is 15.2. The number of benzene rings is 2. The molecular formula is C34H34Cl2N4O6. The molecule has 240 valence electrons. The van der Waals surface area contributed by atoms with Crippen molar-refractivity contribution in [3.05, 3.63) is 68.0 Å². The number of carboxylic acid groups (broad SMARTS) is 2. The van der Waals surface area contributed by atoms with Crippen molar-refractivity contribution in [1.82, 2.24) is 9.97 Å². The predicted octanol–water partition coefficient (Wildman–Crippen LogP) is 7.47. The van der Waals surface area contributed by atoms with Crippen molar-refractivity contribution in [2.45, 2.75) is 76.4 Å².